The second-order valence-corrected chi connectivity index (χ2v) is 3.68. The normalized spacial score (nSPS) is 9.94. The molecule has 0 saturated heterocycles. The van der Waals surface area contributed by atoms with Gasteiger partial charge in [0.2, 0.25) is 5.95 Å². The molecule has 0 atom stereocenters. The van der Waals surface area contributed by atoms with Crippen LogP contribution in [0.3, 0.4) is 0 Å². The fraction of sp³-hybridized carbons (Fsp3) is 0.545. The van der Waals surface area contributed by atoms with Crippen molar-refractivity contribution in [2.24, 2.45) is 0 Å². The molecule has 0 amide bonds. The van der Waals surface area contributed by atoms with Gasteiger partial charge in [-0.15, -0.1) is 11.6 Å². The van der Waals surface area contributed by atoms with E-state index in [4.69, 9.17) is 21.6 Å². The van der Waals surface area contributed by atoms with Gasteiger partial charge in [0.1, 0.15) is 0 Å². The van der Waals surface area contributed by atoms with E-state index in [-0.39, 0.29) is 0 Å². The molecule has 0 unspecified atom stereocenters. The van der Waals surface area contributed by atoms with Crippen molar-refractivity contribution in [3.63, 3.8) is 0 Å². The van der Waals surface area contributed by atoms with Gasteiger partial charge in [-0.3, -0.25) is 0 Å². The maximum absolute atomic E-state index is 8.60. The van der Waals surface area contributed by atoms with Crippen LogP contribution in [0.15, 0.2) is 12.4 Å². The number of hydrogen-bond donors (Lipinski definition) is 0. The molecule has 0 saturated carbocycles. The Labute approximate surface area is 106 Å². The molecule has 0 spiro atoms. The molecule has 0 fully saturated rings. The predicted molar refractivity (Wildman–Crippen MR) is 65.9 cm³/mol. The molecule has 92 valence electrons. The summed E-state index contributed by atoms with van der Waals surface area (Å²) in [5.41, 5.74) is 0.877. The smallest absolute Gasteiger partial charge is 0.225 e. The van der Waals surface area contributed by atoms with Crippen molar-refractivity contribution in [2.75, 3.05) is 31.7 Å². The van der Waals surface area contributed by atoms with E-state index in [1.54, 1.807) is 19.5 Å². The molecular weight excluding hydrogens is 240 g/mol. The molecule has 0 N–H and O–H groups in total. The molecule has 0 aromatic carbocycles. The van der Waals surface area contributed by atoms with Crippen LogP contribution < -0.4 is 4.90 Å². The second kappa shape index (κ2) is 7.82. The van der Waals surface area contributed by atoms with Crippen molar-refractivity contribution < 1.29 is 4.74 Å². The third kappa shape index (κ3) is 4.55. The van der Waals surface area contributed by atoms with E-state index in [1.807, 2.05) is 4.90 Å². The maximum atomic E-state index is 8.60. The van der Waals surface area contributed by atoms with Crippen LogP contribution in [-0.4, -0.2) is 36.8 Å². The Bertz CT molecular complexity index is 363. The van der Waals surface area contributed by atoms with Crippen LogP contribution in [0.1, 0.15) is 12.0 Å². The summed E-state index contributed by atoms with van der Waals surface area (Å²) < 4.78 is 5.02. The van der Waals surface area contributed by atoms with Crippen LogP contribution in [0.25, 0.3) is 0 Å². The van der Waals surface area contributed by atoms with Gasteiger partial charge in [0.05, 0.1) is 25.0 Å². The quantitative estimate of drug-likeness (QED) is 0.692. The molecule has 0 aliphatic carbocycles. The molecule has 1 aromatic rings. The lowest BCUT2D eigenvalue weighted by Crippen LogP contribution is -2.29. The standard InChI is InChI=1S/C11H15ClN4O/c1-17-6-5-16(4-2-3-13)11-14-8-10(7-12)9-15-11/h8-9H,2,4-7H2,1H3. The Morgan fingerprint density at radius 1 is 1.41 bits per heavy atom. The lowest BCUT2D eigenvalue weighted by Gasteiger charge is -2.20. The first-order valence-corrected chi connectivity index (χ1v) is 5.83. The summed E-state index contributed by atoms with van der Waals surface area (Å²) in [6, 6.07) is 2.11. The summed E-state index contributed by atoms with van der Waals surface area (Å²) in [4.78, 5) is 10.4. The molecule has 1 aromatic heterocycles. The average molecular weight is 255 g/mol. The highest BCUT2D eigenvalue weighted by atomic mass is 35.5. The largest absolute Gasteiger partial charge is 0.383 e. The van der Waals surface area contributed by atoms with Gasteiger partial charge >= 0.3 is 0 Å². The molecule has 6 heteroatoms. The van der Waals surface area contributed by atoms with E-state index in [1.165, 1.54) is 0 Å². The number of halogens is 1. The highest BCUT2D eigenvalue weighted by Crippen LogP contribution is 2.08. The fourth-order valence-corrected chi connectivity index (χ4v) is 1.42. The number of rotatable bonds is 7. The number of hydrogen-bond acceptors (Lipinski definition) is 5. The number of anilines is 1. The van der Waals surface area contributed by atoms with Crippen molar-refractivity contribution >= 4 is 17.5 Å². The van der Waals surface area contributed by atoms with E-state index in [9.17, 15) is 0 Å². The van der Waals surface area contributed by atoms with E-state index >= 15 is 0 Å². The van der Waals surface area contributed by atoms with Crippen molar-refractivity contribution in [2.45, 2.75) is 12.3 Å². The molecule has 0 radical (unpaired) electrons. The minimum atomic E-state index is 0.399. The first-order valence-electron chi connectivity index (χ1n) is 5.29. The fourth-order valence-electron chi connectivity index (χ4n) is 1.28. The highest BCUT2D eigenvalue weighted by Gasteiger charge is 2.08. The van der Waals surface area contributed by atoms with Crippen LogP contribution in [0.4, 0.5) is 5.95 Å². The number of nitriles is 1. The van der Waals surface area contributed by atoms with Crippen LogP contribution in [0.5, 0.6) is 0 Å². The highest BCUT2D eigenvalue weighted by molar-refractivity contribution is 6.17. The summed E-state index contributed by atoms with van der Waals surface area (Å²) in [6.07, 6.45) is 3.83. The SMILES string of the molecule is COCCN(CCC#N)c1ncc(CCl)cn1. The van der Waals surface area contributed by atoms with Crippen molar-refractivity contribution in [1.82, 2.24) is 9.97 Å². The third-order valence-corrected chi connectivity index (χ3v) is 2.50. The van der Waals surface area contributed by atoms with Gasteiger partial charge < -0.3 is 9.64 Å². The minimum absolute atomic E-state index is 0.399. The Hall–Kier alpha value is -1.38. The molecule has 0 aliphatic rings. The van der Waals surface area contributed by atoms with Crippen LogP contribution in [0, 0.1) is 11.3 Å². The Morgan fingerprint density at radius 3 is 2.65 bits per heavy atom. The van der Waals surface area contributed by atoms with Crippen molar-refractivity contribution in [3.8, 4) is 6.07 Å². The van der Waals surface area contributed by atoms with Crippen molar-refractivity contribution in [1.29, 1.82) is 5.26 Å². The van der Waals surface area contributed by atoms with Crippen LogP contribution >= 0.6 is 11.6 Å². The minimum Gasteiger partial charge on any atom is -0.383 e. The average Bonchev–Trinajstić information content (AvgIpc) is 2.39. The van der Waals surface area contributed by atoms with E-state index in [2.05, 4.69) is 16.0 Å². The Morgan fingerprint density at radius 2 is 2.12 bits per heavy atom. The molecule has 0 aliphatic heterocycles. The van der Waals surface area contributed by atoms with Gasteiger partial charge in [0.25, 0.3) is 0 Å². The number of aromatic nitrogens is 2. The molecule has 5 nitrogen and oxygen atoms in total. The van der Waals surface area contributed by atoms with Gasteiger partial charge in [-0.05, 0) is 0 Å². The number of methoxy groups -OCH3 is 1. The summed E-state index contributed by atoms with van der Waals surface area (Å²) in [5, 5.41) is 8.60. The lowest BCUT2D eigenvalue weighted by molar-refractivity contribution is 0.205. The topological polar surface area (TPSA) is 62.0 Å². The van der Waals surface area contributed by atoms with Crippen LogP contribution in [-0.2, 0) is 10.6 Å². The molecule has 1 rings (SSSR count). The van der Waals surface area contributed by atoms with Gasteiger partial charge in [-0.2, -0.15) is 5.26 Å². The number of ether oxygens (including phenoxy) is 1. The predicted octanol–water partition coefficient (Wildman–Crippen LogP) is 1.58. The zero-order valence-electron chi connectivity index (χ0n) is 9.77. The molecule has 0 bridgehead atoms. The number of nitrogens with zero attached hydrogens (tertiary/aromatic N) is 4. The first-order chi connectivity index (χ1) is 8.31. The van der Waals surface area contributed by atoms with Gasteiger partial charge in [-0.25, -0.2) is 9.97 Å². The number of alkyl halides is 1. The van der Waals surface area contributed by atoms with Gasteiger partial charge in [0.15, 0.2) is 0 Å². The summed E-state index contributed by atoms with van der Waals surface area (Å²) >= 11 is 5.67. The van der Waals surface area contributed by atoms with Crippen molar-refractivity contribution in [3.05, 3.63) is 18.0 Å². The van der Waals surface area contributed by atoms with E-state index in [0.717, 1.165) is 5.56 Å². The summed E-state index contributed by atoms with van der Waals surface area (Å²) in [5.74, 6) is 1.00. The first kappa shape index (κ1) is 13.7. The molecule has 17 heavy (non-hydrogen) atoms. The van der Waals surface area contributed by atoms with Gasteiger partial charge in [0, 0.05) is 38.2 Å². The van der Waals surface area contributed by atoms with Gasteiger partial charge in [-0.1, -0.05) is 0 Å². The monoisotopic (exact) mass is 254 g/mol. The van der Waals surface area contributed by atoms with Crippen LogP contribution in [0.2, 0.25) is 0 Å². The maximum Gasteiger partial charge on any atom is 0.225 e. The molecule has 1 heterocycles. The Balaban J connectivity index is 2.69. The zero-order valence-corrected chi connectivity index (χ0v) is 10.5. The summed E-state index contributed by atoms with van der Waals surface area (Å²) in [7, 11) is 1.64. The summed E-state index contributed by atoms with van der Waals surface area (Å²) in [6.45, 7) is 1.84. The zero-order chi connectivity index (χ0) is 12.5. The lowest BCUT2D eigenvalue weighted by atomic mass is 10.4. The third-order valence-electron chi connectivity index (χ3n) is 2.19. The Kier molecular flexibility index (Phi) is 6.30. The second-order valence-electron chi connectivity index (χ2n) is 3.41. The molecular formula is C11H15ClN4O. The van der Waals surface area contributed by atoms with E-state index in [0.29, 0.717) is 37.9 Å². The van der Waals surface area contributed by atoms with E-state index < -0.39 is 0 Å².